The minimum absolute atomic E-state index is 0.0368. The number of hydrogen-bond donors (Lipinski definition) is 1. The molecule has 0 saturated heterocycles. The predicted molar refractivity (Wildman–Crippen MR) is 123 cm³/mol. The van der Waals surface area contributed by atoms with Gasteiger partial charge in [0.2, 0.25) is 5.95 Å². The summed E-state index contributed by atoms with van der Waals surface area (Å²) < 4.78 is 69.5. The number of azo groups is 1. The third-order valence-electron chi connectivity index (χ3n) is 4.62. The molecular weight excluding hydrogens is 521 g/mol. The Hall–Kier alpha value is -4.26. The molecule has 0 unspecified atom stereocenters. The fourth-order valence-electron chi connectivity index (χ4n) is 2.98. The van der Waals surface area contributed by atoms with Crippen molar-refractivity contribution in [2.24, 2.45) is 10.2 Å². The number of anilines is 1. The summed E-state index contributed by atoms with van der Waals surface area (Å²) in [5.74, 6) is -2.75. The lowest BCUT2D eigenvalue weighted by Gasteiger charge is -2.09. The molecule has 0 spiro atoms. The van der Waals surface area contributed by atoms with Crippen LogP contribution in [0.3, 0.4) is 0 Å². The van der Waals surface area contributed by atoms with Crippen molar-refractivity contribution in [3.8, 4) is 17.1 Å². The Morgan fingerprint density at radius 1 is 0.892 bits per heavy atom. The third kappa shape index (κ3) is 7.36. The summed E-state index contributed by atoms with van der Waals surface area (Å²) in [6.07, 6.45) is -3.27. The molecule has 0 fully saturated rings. The van der Waals surface area contributed by atoms with Crippen LogP contribution in [0.2, 0.25) is 5.15 Å². The Morgan fingerprint density at radius 2 is 1.59 bits per heavy atom. The number of rotatable bonds is 8. The van der Waals surface area contributed by atoms with Gasteiger partial charge in [0.1, 0.15) is 22.5 Å². The molecule has 0 amide bonds. The molecule has 2 aromatic heterocycles. The Bertz CT molecular complexity index is 1380. The number of alkyl halides is 3. The van der Waals surface area contributed by atoms with Gasteiger partial charge in [-0.3, -0.25) is 0 Å². The molecule has 37 heavy (non-hydrogen) atoms. The summed E-state index contributed by atoms with van der Waals surface area (Å²) in [5.41, 5.74) is 0.767. The van der Waals surface area contributed by atoms with E-state index in [1.807, 2.05) is 0 Å². The van der Waals surface area contributed by atoms with E-state index in [2.05, 4.69) is 40.2 Å². The van der Waals surface area contributed by atoms with Gasteiger partial charge in [-0.25, -0.2) is 13.8 Å². The van der Waals surface area contributed by atoms with Crippen LogP contribution in [-0.2, 0) is 13.1 Å². The van der Waals surface area contributed by atoms with Crippen LogP contribution < -0.4 is 10.1 Å². The molecule has 1 N–H and O–H groups in total. The number of ether oxygens (including phenoxy) is 1. The fourth-order valence-corrected chi connectivity index (χ4v) is 3.09. The standard InChI is InChI=1S/C23H15ClF5N7O/c24-18-9-6-14(10-30-18)11-31-21-33-20(19-16(25)2-1-3-17(19)26)34-22(35-21)36-32-12-13-4-7-15(8-5-13)37-23(27,28)29/h1-10H,11-12H2,(H,31,33,34,35). The first-order valence-electron chi connectivity index (χ1n) is 10.4. The predicted octanol–water partition coefficient (Wildman–Crippen LogP) is 6.66. The molecular formula is C23H15ClF5N7O. The minimum atomic E-state index is -4.80. The van der Waals surface area contributed by atoms with E-state index in [0.29, 0.717) is 10.7 Å². The number of pyridine rings is 1. The molecule has 4 rings (SSSR count). The van der Waals surface area contributed by atoms with Crippen molar-refractivity contribution in [2.45, 2.75) is 19.5 Å². The van der Waals surface area contributed by atoms with Crippen molar-refractivity contribution >= 4 is 23.5 Å². The molecule has 0 aliphatic heterocycles. The zero-order valence-electron chi connectivity index (χ0n) is 18.5. The maximum atomic E-state index is 14.4. The Kier molecular flexibility index (Phi) is 7.82. The second-order valence-corrected chi connectivity index (χ2v) is 7.70. The van der Waals surface area contributed by atoms with Gasteiger partial charge < -0.3 is 10.1 Å². The molecule has 8 nitrogen and oxygen atoms in total. The van der Waals surface area contributed by atoms with Gasteiger partial charge in [0.15, 0.2) is 5.82 Å². The summed E-state index contributed by atoms with van der Waals surface area (Å²) in [7, 11) is 0. The summed E-state index contributed by atoms with van der Waals surface area (Å²) in [4.78, 5) is 16.2. The van der Waals surface area contributed by atoms with Gasteiger partial charge in [0, 0.05) is 12.7 Å². The molecule has 2 heterocycles. The first kappa shape index (κ1) is 25.8. The number of benzene rings is 2. The highest BCUT2D eigenvalue weighted by molar-refractivity contribution is 6.29. The lowest BCUT2D eigenvalue weighted by molar-refractivity contribution is -0.274. The molecule has 4 aromatic rings. The van der Waals surface area contributed by atoms with Crippen molar-refractivity contribution in [2.75, 3.05) is 5.32 Å². The van der Waals surface area contributed by atoms with Gasteiger partial charge in [0.25, 0.3) is 5.95 Å². The topological polar surface area (TPSA) is 97.5 Å². The number of halogens is 6. The van der Waals surface area contributed by atoms with E-state index < -0.39 is 23.6 Å². The summed E-state index contributed by atoms with van der Waals surface area (Å²) in [6.45, 7) is 0.164. The number of nitrogens with zero attached hydrogens (tertiary/aromatic N) is 6. The quantitative estimate of drug-likeness (QED) is 0.154. The zero-order valence-corrected chi connectivity index (χ0v) is 19.3. The highest BCUT2D eigenvalue weighted by atomic mass is 35.5. The normalized spacial score (nSPS) is 11.6. The third-order valence-corrected chi connectivity index (χ3v) is 4.84. The van der Waals surface area contributed by atoms with E-state index in [-0.39, 0.29) is 36.6 Å². The maximum Gasteiger partial charge on any atom is 0.573 e. The van der Waals surface area contributed by atoms with Crippen LogP contribution in [-0.4, -0.2) is 26.3 Å². The highest BCUT2D eigenvalue weighted by Crippen LogP contribution is 2.26. The molecule has 14 heteroatoms. The van der Waals surface area contributed by atoms with Gasteiger partial charge in [-0.15, -0.1) is 18.3 Å². The Labute approximate surface area is 211 Å². The van der Waals surface area contributed by atoms with Crippen molar-refractivity contribution in [3.05, 3.63) is 88.7 Å². The van der Waals surface area contributed by atoms with Gasteiger partial charge in [0.05, 0.1) is 12.1 Å². The number of aromatic nitrogens is 4. The van der Waals surface area contributed by atoms with E-state index >= 15 is 0 Å². The van der Waals surface area contributed by atoms with Crippen LogP contribution in [0.4, 0.5) is 33.8 Å². The average molecular weight is 536 g/mol. The van der Waals surface area contributed by atoms with E-state index in [0.717, 1.165) is 29.8 Å². The summed E-state index contributed by atoms with van der Waals surface area (Å²) in [6, 6.07) is 11.6. The lowest BCUT2D eigenvalue weighted by atomic mass is 10.2. The van der Waals surface area contributed by atoms with E-state index in [1.165, 1.54) is 24.4 Å². The monoisotopic (exact) mass is 535 g/mol. The van der Waals surface area contributed by atoms with Crippen molar-refractivity contribution in [1.82, 2.24) is 19.9 Å². The molecule has 0 aliphatic carbocycles. The van der Waals surface area contributed by atoms with Crippen LogP contribution in [0.15, 0.2) is 71.0 Å². The molecule has 0 radical (unpaired) electrons. The highest BCUT2D eigenvalue weighted by Gasteiger charge is 2.30. The minimum Gasteiger partial charge on any atom is -0.406 e. The molecule has 0 atom stereocenters. The lowest BCUT2D eigenvalue weighted by Crippen LogP contribution is -2.16. The summed E-state index contributed by atoms with van der Waals surface area (Å²) >= 11 is 5.78. The smallest absolute Gasteiger partial charge is 0.406 e. The van der Waals surface area contributed by atoms with Gasteiger partial charge in [-0.1, -0.05) is 35.9 Å². The molecule has 2 aromatic carbocycles. The molecule has 0 bridgehead atoms. The van der Waals surface area contributed by atoms with Gasteiger partial charge in [-0.2, -0.15) is 20.1 Å². The van der Waals surface area contributed by atoms with Crippen LogP contribution in [0, 0.1) is 11.6 Å². The van der Waals surface area contributed by atoms with Crippen LogP contribution in [0.25, 0.3) is 11.4 Å². The number of nitrogens with one attached hydrogen (secondary N) is 1. The van der Waals surface area contributed by atoms with Gasteiger partial charge >= 0.3 is 6.36 Å². The van der Waals surface area contributed by atoms with Crippen molar-refractivity contribution in [3.63, 3.8) is 0 Å². The summed E-state index contributed by atoms with van der Waals surface area (Å²) in [5, 5.41) is 11.0. The Morgan fingerprint density at radius 3 is 2.24 bits per heavy atom. The largest absolute Gasteiger partial charge is 0.573 e. The fraction of sp³-hybridized carbons (Fsp3) is 0.130. The first-order valence-corrected chi connectivity index (χ1v) is 10.8. The zero-order chi connectivity index (χ0) is 26.4. The van der Waals surface area contributed by atoms with E-state index in [4.69, 9.17) is 11.6 Å². The van der Waals surface area contributed by atoms with E-state index in [9.17, 15) is 22.0 Å². The first-order chi connectivity index (χ1) is 17.7. The van der Waals surface area contributed by atoms with Crippen LogP contribution >= 0.6 is 11.6 Å². The second kappa shape index (κ2) is 11.2. The Balaban J connectivity index is 1.56. The van der Waals surface area contributed by atoms with E-state index in [1.54, 1.807) is 12.1 Å². The average Bonchev–Trinajstić information content (AvgIpc) is 2.84. The second-order valence-electron chi connectivity index (χ2n) is 7.31. The SMILES string of the molecule is Fc1cccc(F)c1-c1nc(N=NCc2ccc(OC(F)(F)F)cc2)nc(NCc2ccc(Cl)nc2)n1. The number of hydrogen-bond acceptors (Lipinski definition) is 8. The van der Waals surface area contributed by atoms with Crippen molar-refractivity contribution < 1.29 is 26.7 Å². The van der Waals surface area contributed by atoms with Crippen molar-refractivity contribution in [1.29, 1.82) is 0 Å². The molecule has 0 aliphatic rings. The molecule has 190 valence electrons. The van der Waals surface area contributed by atoms with Crippen LogP contribution in [0.1, 0.15) is 11.1 Å². The van der Waals surface area contributed by atoms with Gasteiger partial charge in [-0.05, 0) is 41.5 Å². The maximum absolute atomic E-state index is 14.4. The van der Waals surface area contributed by atoms with Crippen LogP contribution in [0.5, 0.6) is 5.75 Å². The molecule has 0 saturated carbocycles.